The smallest absolute Gasteiger partial charge is 0.350 e. The third-order valence-electron chi connectivity index (χ3n) is 4.82. The van der Waals surface area contributed by atoms with Crippen LogP contribution in [-0.4, -0.2) is 32.5 Å². The SMILES string of the molecule is Cc1nc(-c2ccc(Cl)cc2)sc1C(=O)OCC(=O)c1c(N)n(CC(C)C)c(=O)n(C)c1=O. The van der Waals surface area contributed by atoms with Crippen molar-refractivity contribution in [3.8, 4) is 10.6 Å². The van der Waals surface area contributed by atoms with Crippen molar-refractivity contribution in [2.45, 2.75) is 27.3 Å². The Kier molecular flexibility index (Phi) is 7.19. The van der Waals surface area contributed by atoms with Crippen molar-refractivity contribution in [2.75, 3.05) is 12.3 Å². The molecule has 0 aliphatic rings. The van der Waals surface area contributed by atoms with Crippen molar-refractivity contribution >= 4 is 40.5 Å². The Morgan fingerprint density at radius 3 is 2.45 bits per heavy atom. The normalized spacial score (nSPS) is 11.1. The van der Waals surface area contributed by atoms with Gasteiger partial charge < -0.3 is 10.5 Å². The highest BCUT2D eigenvalue weighted by atomic mass is 35.5. The number of nitrogens with zero attached hydrogens (tertiary/aromatic N) is 3. The van der Waals surface area contributed by atoms with Crippen LogP contribution < -0.4 is 17.0 Å². The molecule has 0 unspecified atom stereocenters. The first-order valence-corrected chi connectivity index (χ1v) is 11.2. The fourth-order valence-electron chi connectivity index (χ4n) is 3.16. The van der Waals surface area contributed by atoms with Gasteiger partial charge in [0.25, 0.3) is 5.56 Å². The zero-order valence-corrected chi connectivity index (χ0v) is 20.1. The highest BCUT2D eigenvalue weighted by Crippen LogP contribution is 2.29. The van der Waals surface area contributed by atoms with E-state index in [9.17, 15) is 19.2 Å². The van der Waals surface area contributed by atoms with Crippen molar-refractivity contribution in [3.63, 3.8) is 0 Å². The highest BCUT2D eigenvalue weighted by molar-refractivity contribution is 7.17. The zero-order chi connectivity index (χ0) is 24.4. The van der Waals surface area contributed by atoms with Gasteiger partial charge in [0, 0.05) is 24.2 Å². The number of ether oxygens (including phenoxy) is 1. The second-order valence-electron chi connectivity index (χ2n) is 7.85. The number of benzene rings is 1. The molecule has 0 amide bonds. The van der Waals surface area contributed by atoms with Gasteiger partial charge in [-0.3, -0.25) is 18.7 Å². The lowest BCUT2D eigenvalue weighted by Crippen LogP contribution is -2.43. The van der Waals surface area contributed by atoms with Crippen molar-refractivity contribution in [2.24, 2.45) is 13.0 Å². The van der Waals surface area contributed by atoms with Crippen molar-refractivity contribution in [1.82, 2.24) is 14.1 Å². The van der Waals surface area contributed by atoms with Crippen LogP contribution in [0.4, 0.5) is 5.82 Å². The monoisotopic (exact) mass is 490 g/mol. The van der Waals surface area contributed by atoms with E-state index in [-0.39, 0.29) is 28.7 Å². The van der Waals surface area contributed by atoms with Gasteiger partial charge in [-0.15, -0.1) is 11.3 Å². The molecule has 9 nitrogen and oxygen atoms in total. The largest absolute Gasteiger partial charge is 0.453 e. The Morgan fingerprint density at radius 1 is 1.21 bits per heavy atom. The second kappa shape index (κ2) is 9.72. The molecule has 0 fully saturated rings. The molecule has 0 radical (unpaired) electrons. The molecule has 0 aliphatic carbocycles. The quantitative estimate of drug-likeness (QED) is 0.398. The predicted molar refractivity (Wildman–Crippen MR) is 127 cm³/mol. The number of Topliss-reactive ketones (excluding diaryl/α,β-unsaturated/α-hetero) is 1. The van der Waals surface area contributed by atoms with Gasteiger partial charge in [-0.25, -0.2) is 14.6 Å². The van der Waals surface area contributed by atoms with Gasteiger partial charge in [0.05, 0.1) is 5.69 Å². The maximum absolute atomic E-state index is 12.8. The van der Waals surface area contributed by atoms with Crippen LogP contribution in [0.5, 0.6) is 0 Å². The van der Waals surface area contributed by atoms with Gasteiger partial charge in [-0.05, 0) is 25.0 Å². The minimum Gasteiger partial charge on any atom is -0.453 e. The number of hydrogen-bond donors (Lipinski definition) is 1. The summed E-state index contributed by atoms with van der Waals surface area (Å²) in [5.41, 5.74) is 5.39. The van der Waals surface area contributed by atoms with E-state index in [1.54, 1.807) is 31.2 Å². The van der Waals surface area contributed by atoms with E-state index < -0.39 is 29.6 Å². The molecule has 3 rings (SSSR count). The number of nitrogens with two attached hydrogens (primary N) is 1. The molecule has 0 saturated heterocycles. The lowest BCUT2D eigenvalue weighted by Gasteiger charge is -2.16. The molecule has 3 aromatic rings. The molecule has 174 valence electrons. The predicted octanol–water partition coefficient (Wildman–Crippen LogP) is 2.91. The van der Waals surface area contributed by atoms with E-state index in [1.165, 1.54) is 11.6 Å². The van der Waals surface area contributed by atoms with Gasteiger partial charge in [-0.2, -0.15) is 0 Å². The molecular weight excluding hydrogens is 468 g/mol. The van der Waals surface area contributed by atoms with Gasteiger partial charge in [0.2, 0.25) is 5.78 Å². The van der Waals surface area contributed by atoms with E-state index in [2.05, 4.69) is 4.98 Å². The van der Waals surface area contributed by atoms with Gasteiger partial charge >= 0.3 is 11.7 Å². The van der Waals surface area contributed by atoms with Crippen LogP contribution in [0.25, 0.3) is 10.6 Å². The van der Waals surface area contributed by atoms with E-state index in [0.29, 0.717) is 15.7 Å². The minimum absolute atomic E-state index is 0.0485. The maximum atomic E-state index is 12.8. The number of aromatic nitrogens is 3. The summed E-state index contributed by atoms with van der Waals surface area (Å²) < 4.78 is 7.16. The summed E-state index contributed by atoms with van der Waals surface area (Å²) in [4.78, 5) is 54.9. The number of nitrogen functional groups attached to an aromatic ring is 1. The average molecular weight is 491 g/mol. The van der Waals surface area contributed by atoms with Crippen LogP contribution in [-0.2, 0) is 18.3 Å². The zero-order valence-electron chi connectivity index (χ0n) is 18.5. The average Bonchev–Trinajstić information content (AvgIpc) is 3.15. The minimum atomic E-state index is -0.836. The van der Waals surface area contributed by atoms with Crippen LogP contribution in [0.15, 0.2) is 33.9 Å². The summed E-state index contributed by atoms with van der Waals surface area (Å²) in [6.45, 7) is 4.92. The Hall–Kier alpha value is -3.24. The Morgan fingerprint density at radius 2 is 1.85 bits per heavy atom. The lowest BCUT2D eigenvalue weighted by atomic mass is 10.1. The molecule has 11 heteroatoms. The number of halogens is 1. The molecule has 2 aromatic heterocycles. The molecule has 0 bridgehead atoms. The summed E-state index contributed by atoms with van der Waals surface area (Å²) in [5.74, 6) is -1.73. The van der Waals surface area contributed by atoms with Crippen LogP contribution in [0.2, 0.25) is 5.02 Å². The van der Waals surface area contributed by atoms with Crippen molar-refractivity contribution in [3.05, 3.63) is 66.3 Å². The fraction of sp³-hybridized carbons (Fsp3) is 0.318. The first kappa shape index (κ1) is 24.4. The Labute approximate surface area is 198 Å². The molecule has 33 heavy (non-hydrogen) atoms. The summed E-state index contributed by atoms with van der Waals surface area (Å²) in [5, 5.41) is 1.18. The van der Waals surface area contributed by atoms with Crippen molar-refractivity contribution < 1.29 is 14.3 Å². The number of thiazole rings is 1. The Bertz CT molecular complexity index is 1340. The van der Waals surface area contributed by atoms with E-state index in [4.69, 9.17) is 22.1 Å². The fourth-order valence-corrected chi connectivity index (χ4v) is 4.25. The summed E-state index contributed by atoms with van der Waals surface area (Å²) >= 11 is 7.03. The third kappa shape index (κ3) is 5.07. The van der Waals surface area contributed by atoms with E-state index >= 15 is 0 Å². The topological polar surface area (TPSA) is 126 Å². The number of anilines is 1. The first-order valence-electron chi connectivity index (χ1n) is 10.0. The van der Waals surface area contributed by atoms with E-state index in [0.717, 1.165) is 21.5 Å². The van der Waals surface area contributed by atoms with Crippen LogP contribution in [0.1, 0.15) is 39.6 Å². The van der Waals surface area contributed by atoms with Crippen LogP contribution >= 0.6 is 22.9 Å². The summed E-state index contributed by atoms with van der Waals surface area (Å²) in [7, 11) is 1.27. The Balaban J connectivity index is 1.82. The van der Waals surface area contributed by atoms with E-state index in [1.807, 2.05) is 13.8 Å². The third-order valence-corrected chi connectivity index (χ3v) is 6.26. The highest BCUT2D eigenvalue weighted by Gasteiger charge is 2.24. The molecule has 0 atom stereocenters. The number of carbonyl (C=O) groups is 2. The number of rotatable bonds is 7. The van der Waals surface area contributed by atoms with Crippen molar-refractivity contribution in [1.29, 1.82) is 0 Å². The number of aryl methyl sites for hydroxylation is 1. The second-order valence-corrected chi connectivity index (χ2v) is 9.29. The number of esters is 1. The van der Waals surface area contributed by atoms with Gasteiger partial charge in [-0.1, -0.05) is 37.6 Å². The van der Waals surface area contributed by atoms with Gasteiger partial charge in [0.15, 0.2) is 6.61 Å². The molecule has 1 aromatic carbocycles. The lowest BCUT2D eigenvalue weighted by molar-refractivity contribution is 0.0478. The molecular formula is C22H23ClN4O5S. The maximum Gasteiger partial charge on any atom is 0.350 e. The van der Waals surface area contributed by atoms with Gasteiger partial charge in [0.1, 0.15) is 21.3 Å². The summed E-state index contributed by atoms with van der Waals surface area (Å²) in [6.07, 6.45) is 0. The molecule has 2 heterocycles. The van der Waals surface area contributed by atoms with Crippen LogP contribution in [0, 0.1) is 12.8 Å². The molecule has 2 N–H and O–H groups in total. The number of ketones is 1. The first-order chi connectivity index (χ1) is 15.5. The number of carbonyl (C=O) groups excluding carboxylic acids is 2. The molecule has 0 spiro atoms. The standard InChI is InChI=1S/C22H23ClN4O5S/c1-11(2)9-27-18(24)16(20(29)26(4)22(27)31)15(28)10-32-21(30)17-12(3)25-19(33-17)13-5-7-14(23)8-6-13/h5-8,11H,9-10,24H2,1-4H3. The molecule has 0 saturated carbocycles. The molecule has 0 aliphatic heterocycles. The summed E-state index contributed by atoms with van der Waals surface area (Å²) in [6, 6.07) is 7.00. The number of hydrogen-bond acceptors (Lipinski definition) is 8. The van der Waals surface area contributed by atoms with Crippen LogP contribution in [0.3, 0.4) is 0 Å².